The molecular formula is C15H20. The van der Waals surface area contributed by atoms with E-state index in [0.29, 0.717) is 0 Å². The zero-order valence-electron chi connectivity index (χ0n) is 9.52. The molecule has 15 heavy (non-hydrogen) atoms. The first-order valence-corrected chi connectivity index (χ1v) is 6.13. The lowest BCUT2D eigenvalue weighted by atomic mass is 10.1. The molecule has 0 nitrogen and oxygen atoms in total. The second kappa shape index (κ2) is 5.16. The molecule has 0 saturated heterocycles. The van der Waals surface area contributed by atoms with Crippen molar-refractivity contribution in [2.75, 3.05) is 0 Å². The van der Waals surface area contributed by atoms with Crippen LogP contribution in [0.2, 0.25) is 0 Å². The lowest BCUT2D eigenvalue weighted by Crippen LogP contribution is -1.79. The molecule has 1 saturated carbocycles. The lowest BCUT2D eigenvalue weighted by Gasteiger charge is -1.94. The van der Waals surface area contributed by atoms with E-state index in [1.165, 1.54) is 31.2 Å². The second-order valence-electron chi connectivity index (χ2n) is 4.57. The first-order valence-electron chi connectivity index (χ1n) is 6.13. The van der Waals surface area contributed by atoms with E-state index in [-0.39, 0.29) is 0 Å². The minimum absolute atomic E-state index is 0.872. The van der Waals surface area contributed by atoms with Crippen molar-refractivity contribution in [3.63, 3.8) is 0 Å². The minimum atomic E-state index is 0.872. The van der Waals surface area contributed by atoms with Crippen molar-refractivity contribution in [1.82, 2.24) is 0 Å². The van der Waals surface area contributed by atoms with Crippen LogP contribution in [0.15, 0.2) is 36.4 Å². The maximum Gasteiger partial charge on any atom is -0.0199 e. The van der Waals surface area contributed by atoms with Crippen LogP contribution in [0.25, 0.3) is 6.08 Å². The molecule has 0 heterocycles. The molecule has 1 fully saturated rings. The highest BCUT2D eigenvalue weighted by molar-refractivity contribution is 5.49. The monoisotopic (exact) mass is 200 g/mol. The fourth-order valence-electron chi connectivity index (χ4n) is 2.10. The van der Waals surface area contributed by atoms with E-state index >= 15 is 0 Å². The fourth-order valence-corrected chi connectivity index (χ4v) is 2.10. The van der Waals surface area contributed by atoms with Gasteiger partial charge in [0.2, 0.25) is 0 Å². The number of unbranched alkanes of at least 4 members (excludes halogenated alkanes) is 1. The van der Waals surface area contributed by atoms with Crippen molar-refractivity contribution in [3.8, 4) is 0 Å². The van der Waals surface area contributed by atoms with E-state index in [2.05, 4.69) is 49.4 Å². The summed E-state index contributed by atoms with van der Waals surface area (Å²) in [6, 6.07) is 10.6. The van der Waals surface area contributed by atoms with Gasteiger partial charge in [0.15, 0.2) is 0 Å². The molecule has 0 aliphatic heterocycles. The number of allylic oxidation sites excluding steroid dienone is 1. The van der Waals surface area contributed by atoms with Gasteiger partial charge >= 0.3 is 0 Å². The molecule has 0 spiro atoms. The minimum Gasteiger partial charge on any atom is -0.0805 e. The van der Waals surface area contributed by atoms with Crippen LogP contribution in [0.3, 0.4) is 0 Å². The van der Waals surface area contributed by atoms with E-state index in [0.717, 1.165) is 11.8 Å². The molecule has 80 valence electrons. The summed E-state index contributed by atoms with van der Waals surface area (Å²) in [5.74, 6) is 1.86. The topological polar surface area (TPSA) is 0 Å². The number of hydrogen-bond donors (Lipinski definition) is 0. The van der Waals surface area contributed by atoms with Crippen LogP contribution in [0, 0.1) is 11.8 Å². The molecule has 0 heteroatoms. The number of hydrogen-bond acceptors (Lipinski definition) is 0. The van der Waals surface area contributed by atoms with Gasteiger partial charge in [0.1, 0.15) is 0 Å². The summed E-state index contributed by atoms with van der Waals surface area (Å²) >= 11 is 0. The zero-order chi connectivity index (χ0) is 10.5. The van der Waals surface area contributed by atoms with Crippen molar-refractivity contribution in [1.29, 1.82) is 0 Å². The van der Waals surface area contributed by atoms with Crippen LogP contribution in [0.5, 0.6) is 0 Å². The van der Waals surface area contributed by atoms with Crippen molar-refractivity contribution in [3.05, 3.63) is 42.0 Å². The van der Waals surface area contributed by atoms with Gasteiger partial charge in [-0.25, -0.2) is 0 Å². The highest BCUT2D eigenvalue weighted by Crippen LogP contribution is 2.43. The quantitative estimate of drug-likeness (QED) is 0.655. The molecule has 0 unspecified atom stereocenters. The van der Waals surface area contributed by atoms with E-state index in [1.54, 1.807) is 0 Å². The smallest absolute Gasteiger partial charge is 0.0199 e. The van der Waals surface area contributed by atoms with Gasteiger partial charge < -0.3 is 0 Å². The van der Waals surface area contributed by atoms with Gasteiger partial charge in [0.05, 0.1) is 0 Å². The van der Waals surface area contributed by atoms with Crippen LogP contribution >= 0.6 is 0 Å². The number of benzene rings is 1. The highest BCUT2D eigenvalue weighted by Gasteiger charge is 2.33. The Morgan fingerprint density at radius 3 is 2.80 bits per heavy atom. The Labute approximate surface area is 93.0 Å². The maximum absolute atomic E-state index is 2.40. The Morgan fingerprint density at radius 2 is 2.07 bits per heavy atom. The second-order valence-corrected chi connectivity index (χ2v) is 4.57. The lowest BCUT2D eigenvalue weighted by molar-refractivity contribution is 0.634. The molecule has 1 aromatic carbocycles. The molecular weight excluding hydrogens is 180 g/mol. The van der Waals surface area contributed by atoms with Crippen LogP contribution < -0.4 is 0 Å². The van der Waals surface area contributed by atoms with Crippen LogP contribution in [-0.4, -0.2) is 0 Å². The molecule has 2 atom stereocenters. The molecule has 0 bridgehead atoms. The zero-order valence-corrected chi connectivity index (χ0v) is 9.52. The van der Waals surface area contributed by atoms with Crippen LogP contribution in [-0.2, 0) is 0 Å². The summed E-state index contributed by atoms with van der Waals surface area (Å²) in [6.45, 7) is 2.27. The SMILES string of the molecule is CCCC[C@@H]1C[C@H]1/C=C\c1ccccc1. The van der Waals surface area contributed by atoms with E-state index in [1.807, 2.05) is 0 Å². The molecule has 2 rings (SSSR count). The molecule has 0 radical (unpaired) electrons. The third kappa shape index (κ3) is 3.23. The van der Waals surface area contributed by atoms with Gasteiger partial charge in [-0.15, -0.1) is 0 Å². The molecule has 1 aromatic rings. The summed E-state index contributed by atoms with van der Waals surface area (Å²) in [7, 11) is 0. The van der Waals surface area contributed by atoms with E-state index < -0.39 is 0 Å². The molecule has 1 aliphatic carbocycles. The molecule has 1 aliphatic rings. The Bertz CT molecular complexity index is 310. The first kappa shape index (κ1) is 10.5. The van der Waals surface area contributed by atoms with E-state index in [9.17, 15) is 0 Å². The van der Waals surface area contributed by atoms with Gasteiger partial charge in [-0.1, -0.05) is 62.2 Å². The fraction of sp³-hybridized carbons (Fsp3) is 0.467. The predicted molar refractivity (Wildman–Crippen MR) is 66.6 cm³/mol. The summed E-state index contributed by atoms with van der Waals surface area (Å²) in [5.41, 5.74) is 1.33. The predicted octanol–water partition coefficient (Wildman–Crippen LogP) is 4.53. The number of rotatable bonds is 5. The molecule has 0 N–H and O–H groups in total. The standard InChI is InChI=1S/C15H20/c1-2-3-9-14-12-15(14)11-10-13-7-5-4-6-8-13/h4-8,10-11,14-15H,2-3,9,12H2,1H3/b11-10-/t14-,15-/m1/s1. The normalized spacial score (nSPS) is 24.6. The summed E-state index contributed by atoms with van der Waals surface area (Å²) in [6.07, 6.45) is 10.3. The van der Waals surface area contributed by atoms with E-state index in [4.69, 9.17) is 0 Å². The Kier molecular flexibility index (Phi) is 3.60. The van der Waals surface area contributed by atoms with Gasteiger partial charge in [-0.05, 0) is 30.2 Å². The Morgan fingerprint density at radius 1 is 1.27 bits per heavy atom. The molecule has 0 amide bonds. The van der Waals surface area contributed by atoms with Gasteiger partial charge in [0, 0.05) is 0 Å². The van der Waals surface area contributed by atoms with Crippen LogP contribution in [0.4, 0.5) is 0 Å². The van der Waals surface area contributed by atoms with Gasteiger partial charge in [-0.3, -0.25) is 0 Å². The van der Waals surface area contributed by atoms with Gasteiger partial charge in [0.25, 0.3) is 0 Å². The summed E-state index contributed by atoms with van der Waals surface area (Å²) in [5, 5.41) is 0. The Balaban J connectivity index is 1.77. The van der Waals surface area contributed by atoms with Crippen molar-refractivity contribution in [2.24, 2.45) is 11.8 Å². The van der Waals surface area contributed by atoms with Crippen molar-refractivity contribution in [2.45, 2.75) is 32.6 Å². The van der Waals surface area contributed by atoms with Crippen LogP contribution in [0.1, 0.15) is 38.2 Å². The van der Waals surface area contributed by atoms with Gasteiger partial charge in [-0.2, -0.15) is 0 Å². The first-order chi connectivity index (χ1) is 7.40. The van der Waals surface area contributed by atoms with Crippen molar-refractivity contribution < 1.29 is 0 Å². The Hall–Kier alpha value is -1.04. The summed E-state index contributed by atoms with van der Waals surface area (Å²) in [4.78, 5) is 0. The average molecular weight is 200 g/mol. The third-order valence-corrected chi connectivity index (χ3v) is 3.24. The largest absolute Gasteiger partial charge is 0.0805 e. The molecule has 0 aromatic heterocycles. The third-order valence-electron chi connectivity index (χ3n) is 3.24. The highest BCUT2D eigenvalue weighted by atomic mass is 14.4. The van der Waals surface area contributed by atoms with Crippen molar-refractivity contribution >= 4 is 6.08 Å². The maximum atomic E-state index is 2.40. The summed E-state index contributed by atoms with van der Waals surface area (Å²) < 4.78 is 0. The average Bonchev–Trinajstić information content (AvgIpc) is 3.04.